The normalized spacial score (nSPS) is 40.2. The van der Waals surface area contributed by atoms with Gasteiger partial charge in [-0.15, -0.1) is 0 Å². The van der Waals surface area contributed by atoms with Crippen molar-refractivity contribution in [1.82, 2.24) is 4.90 Å². The van der Waals surface area contributed by atoms with Crippen LogP contribution in [-0.2, 0) is 9.53 Å². The molecule has 2 saturated heterocycles. The van der Waals surface area contributed by atoms with Crippen molar-refractivity contribution in [2.45, 2.75) is 51.9 Å². The molecule has 0 aromatic carbocycles. The molecule has 0 saturated carbocycles. The lowest BCUT2D eigenvalue weighted by Crippen LogP contribution is -2.69. The lowest BCUT2D eigenvalue weighted by atomic mass is 9.83. The molecule has 0 spiro atoms. The third-order valence-corrected chi connectivity index (χ3v) is 4.55. The van der Waals surface area contributed by atoms with Crippen LogP contribution in [0.5, 0.6) is 0 Å². The zero-order valence-electron chi connectivity index (χ0n) is 11.3. The predicted molar refractivity (Wildman–Crippen MR) is 66.5 cm³/mol. The van der Waals surface area contributed by atoms with Crippen LogP contribution in [0.4, 0.5) is 0 Å². The second-order valence-electron chi connectivity index (χ2n) is 5.84. The molecule has 0 radical (unpaired) electrons. The second kappa shape index (κ2) is 4.25. The summed E-state index contributed by atoms with van der Waals surface area (Å²) in [4.78, 5) is 14.3. The summed E-state index contributed by atoms with van der Waals surface area (Å²) in [5, 5.41) is 0. The Morgan fingerprint density at radius 1 is 1.35 bits per heavy atom. The lowest BCUT2D eigenvalue weighted by molar-refractivity contribution is -0.145. The molecule has 4 heteroatoms. The number of rotatable bonds is 2. The third-order valence-electron chi connectivity index (χ3n) is 4.55. The van der Waals surface area contributed by atoms with Crippen LogP contribution in [0.25, 0.3) is 0 Å². The molecular formula is C13H24N2O2. The van der Waals surface area contributed by atoms with E-state index in [1.165, 1.54) is 0 Å². The summed E-state index contributed by atoms with van der Waals surface area (Å²) >= 11 is 0. The highest BCUT2D eigenvalue weighted by atomic mass is 16.5. The minimum atomic E-state index is -0.146. The fourth-order valence-corrected chi connectivity index (χ4v) is 3.00. The minimum absolute atomic E-state index is 0.00593. The average molecular weight is 240 g/mol. The summed E-state index contributed by atoms with van der Waals surface area (Å²) in [6, 6.07) is 0. The van der Waals surface area contributed by atoms with E-state index in [9.17, 15) is 4.79 Å². The van der Waals surface area contributed by atoms with E-state index in [2.05, 4.69) is 13.8 Å². The number of nitrogens with zero attached hydrogens (tertiary/aromatic N) is 1. The Kier molecular flexibility index (Phi) is 3.21. The highest BCUT2D eigenvalue weighted by Gasteiger charge is 2.48. The fraction of sp³-hybridized carbons (Fsp3) is 0.923. The van der Waals surface area contributed by atoms with Crippen LogP contribution in [0, 0.1) is 11.8 Å². The van der Waals surface area contributed by atoms with Gasteiger partial charge in [-0.2, -0.15) is 0 Å². The van der Waals surface area contributed by atoms with Crippen molar-refractivity contribution in [3.05, 3.63) is 0 Å². The number of ether oxygens (including phenoxy) is 1. The lowest BCUT2D eigenvalue weighted by Gasteiger charge is -2.48. The molecule has 2 rings (SSSR count). The summed E-state index contributed by atoms with van der Waals surface area (Å²) in [6.07, 6.45) is 1.13. The van der Waals surface area contributed by atoms with Crippen molar-refractivity contribution >= 4 is 5.91 Å². The van der Waals surface area contributed by atoms with Crippen molar-refractivity contribution in [2.24, 2.45) is 17.6 Å². The maximum absolute atomic E-state index is 12.4. The third kappa shape index (κ3) is 2.08. The highest BCUT2D eigenvalue weighted by Crippen LogP contribution is 2.35. The van der Waals surface area contributed by atoms with Gasteiger partial charge in [-0.05, 0) is 26.2 Å². The quantitative estimate of drug-likeness (QED) is 0.783. The molecule has 2 fully saturated rings. The van der Waals surface area contributed by atoms with Crippen LogP contribution in [0.15, 0.2) is 0 Å². The average Bonchev–Trinajstić information content (AvgIpc) is 2.48. The topological polar surface area (TPSA) is 55.6 Å². The Hall–Kier alpha value is -0.610. The highest BCUT2D eigenvalue weighted by molar-refractivity contribution is 5.81. The Bertz CT molecular complexity index is 313. The summed E-state index contributed by atoms with van der Waals surface area (Å²) < 4.78 is 5.73. The molecule has 17 heavy (non-hydrogen) atoms. The maximum atomic E-state index is 12.4. The molecule has 4 nitrogen and oxygen atoms in total. The summed E-state index contributed by atoms with van der Waals surface area (Å²) in [5.74, 6) is 0.530. The Morgan fingerprint density at radius 3 is 2.35 bits per heavy atom. The molecule has 0 aromatic heterocycles. The van der Waals surface area contributed by atoms with Gasteiger partial charge in [-0.3, -0.25) is 4.79 Å². The molecule has 4 atom stereocenters. The van der Waals surface area contributed by atoms with Crippen LogP contribution >= 0.6 is 0 Å². The van der Waals surface area contributed by atoms with Crippen LogP contribution in [0.2, 0.25) is 0 Å². The van der Waals surface area contributed by atoms with E-state index in [0.717, 1.165) is 6.42 Å². The molecule has 0 aliphatic carbocycles. The number of likely N-dealkylation sites (tertiary alicyclic amines) is 1. The standard InChI is InChI=1S/C13H24N2O2/c1-5-13(14)6-15(7-13)12(16)11-8(2)9(3)17-10(11)4/h8-11H,5-7,14H2,1-4H3. The van der Waals surface area contributed by atoms with Gasteiger partial charge in [0.2, 0.25) is 5.91 Å². The first kappa shape index (κ1) is 12.8. The largest absolute Gasteiger partial charge is 0.374 e. The van der Waals surface area contributed by atoms with Crippen molar-refractivity contribution in [2.75, 3.05) is 13.1 Å². The molecule has 0 bridgehead atoms. The van der Waals surface area contributed by atoms with Crippen LogP contribution in [0.1, 0.15) is 34.1 Å². The number of hydrogen-bond acceptors (Lipinski definition) is 3. The molecular weight excluding hydrogens is 216 g/mol. The Morgan fingerprint density at radius 2 is 1.94 bits per heavy atom. The molecule has 2 N–H and O–H groups in total. The number of carbonyl (C=O) groups is 1. The first-order valence-electron chi connectivity index (χ1n) is 6.61. The summed E-state index contributed by atoms with van der Waals surface area (Å²) in [7, 11) is 0. The molecule has 2 aliphatic heterocycles. The van der Waals surface area contributed by atoms with Gasteiger partial charge in [0.15, 0.2) is 0 Å². The first-order valence-corrected chi connectivity index (χ1v) is 6.61. The molecule has 2 heterocycles. The smallest absolute Gasteiger partial charge is 0.228 e. The van der Waals surface area contributed by atoms with E-state index in [-0.39, 0.29) is 29.6 Å². The summed E-state index contributed by atoms with van der Waals surface area (Å²) in [5.41, 5.74) is 5.95. The zero-order chi connectivity index (χ0) is 12.8. The van der Waals surface area contributed by atoms with E-state index >= 15 is 0 Å². The van der Waals surface area contributed by atoms with Crippen LogP contribution in [0.3, 0.4) is 0 Å². The molecule has 1 amide bonds. The number of carbonyl (C=O) groups excluding carboxylic acids is 1. The van der Waals surface area contributed by atoms with Gasteiger partial charge in [0.05, 0.1) is 23.7 Å². The molecule has 98 valence electrons. The van der Waals surface area contributed by atoms with E-state index in [0.29, 0.717) is 19.0 Å². The van der Waals surface area contributed by atoms with E-state index in [1.807, 2.05) is 18.7 Å². The molecule has 4 unspecified atom stereocenters. The fourth-order valence-electron chi connectivity index (χ4n) is 3.00. The van der Waals surface area contributed by atoms with Gasteiger partial charge < -0.3 is 15.4 Å². The number of nitrogens with two attached hydrogens (primary N) is 1. The first-order chi connectivity index (χ1) is 7.88. The van der Waals surface area contributed by atoms with E-state index < -0.39 is 0 Å². The van der Waals surface area contributed by atoms with Gasteiger partial charge >= 0.3 is 0 Å². The van der Waals surface area contributed by atoms with Crippen molar-refractivity contribution in [3.8, 4) is 0 Å². The van der Waals surface area contributed by atoms with Crippen LogP contribution in [-0.4, -0.2) is 41.6 Å². The van der Waals surface area contributed by atoms with Crippen molar-refractivity contribution < 1.29 is 9.53 Å². The Balaban J connectivity index is 1.98. The van der Waals surface area contributed by atoms with Gasteiger partial charge in [0.25, 0.3) is 0 Å². The number of amides is 1. The van der Waals surface area contributed by atoms with Gasteiger partial charge in [-0.1, -0.05) is 13.8 Å². The second-order valence-corrected chi connectivity index (χ2v) is 5.84. The van der Waals surface area contributed by atoms with E-state index in [4.69, 9.17) is 10.5 Å². The minimum Gasteiger partial charge on any atom is -0.374 e. The van der Waals surface area contributed by atoms with Crippen molar-refractivity contribution in [3.63, 3.8) is 0 Å². The van der Waals surface area contributed by atoms with Crippen molar-refractivity contribution in [1.29, 1.82) is 0 Å². The SMILES string of the molecule is CCC1(N)CN(C(=O)C2C(C)OC(C)C2C)C1. The summed E-state index contributed by atoms with van der Waals surface area (Å²) in [6.45, 7) is 9.63. The molecule has 2 aliphatic rings. The maximum Gasteiger partial charge on any atom is 0.228 e. The number of hydrogen-bond donors (Lipinski definition) is 1. The van der Waals surface area contributed by atoms with Gasteiger partial charge in [0.1, 0.15) is 0 Å². The predicted octanol–water partition coefficient (Wildman–Crippen LogP) is 0.996. The monoisotopic (exact) mass is 240 g/mol. The van der Waals surface area contributed by atoms with Gasteiger partial charge in [-0.25, -0.2) is 0 Å². The zero-order valence-corrected chi connectivity index (χ0v) is 11.3. The van der Waals surface area contributed by atoms with Gasteiger partial charge in [0, 0.05) is 13.1 Å². The van der Waals surface area contributed by atoms with Crippen LogP contribution < -0.4 is 5.73 Å². The van der Waals surface area contributed by atoms with E-state index in [1.54, 1.807) is 0 Å². The Labute approximate surface area is 103 Å². The molecule has 0 aromatic rings.